The first kappa shape index (κ1) is 15.8. The molecule has 0 spiro atoms. The summed E-state index contributed by atoms with van der Waals surface area (Å²) in [5.41, 5.74) is -0.449. The molecule has 1 fully saturated rings. The SMILES string of the molecule is CCNC1(C(=O)OCC)CCC(SCCOC)C1. The van der Waals surface area contributed by atoms with Crippen molar-refractivity contribution in [2.75, 3.05) is 32.6 Å². The van der Waals surface area contributed by atoms with Crippen LogP contribution in [0.25, 0.3) is 0 Å². The van der Waals surface area contributed by atoms with Gasteiger partial charge in [-0.2, -0.15) is 11.8 Å². The van der Waals surface area contributed by atoms with Gasteiger partial charge in [-0.15, -0.1) is 0 Å². The molecule has 0 bridgehead atoms. The third kappa shape index (κ3) is 4.14. The summed E-state index contributed by atoms with van der Waals surface area (Å²) in [6, 6.07) is 0. The van der Waals surface area contributed by atoms with Crippen LogP contribution in [0.1, 0.15) is 33.1 Å². The van der Waals surface area contributed by atoms with Crippen molar-refractivity contribution in [1.82, 2.24) is 5.32 Å². The number of methoxy groups -OCH3 is 1. The van der Waals surface area contributed by atoms with Gasteiger partial charge in [0.2, 0.25) is 0 Å². The summed E-state index contributed by atoms with van der Waals surface area (Å²) in [6.07, 6.45) is 2.82. The lowest BCUT2D eigenvalue weighted by atomic mass is 9.98. The van der Waals surface area contributed by atoms with Crippen molar-refractivity contribution < 1.29 is 14.3 Å². The van der Waals surface area contributed by atoms with E-state index in [1.54, 1.807) is 7.11 Å². The van der Waals surface area contributed by atoms with Gasteiger partial charge >= 0.3 is 5.97 Å². The van der Waals surface area contributed by atoms with Crippen molar-refractivity contribution in [2.45, 2.75) is 43.9 Å². The van der Waals surface area contributed by atoms with Crippen molar-refractivity contribution in [3.63, 3.8) is 0 Å². The van der Waals surface area contributed by atoms with Gasteiger partial charge in [-0.25, -0.2) is 0 Å². The second-order valence-electron chi connectivity index (χ2n) is 4.56. The minimum absolute atomic E-state index is 0.0818. The third-order valence-corrected chi connectivity index (χ3v) is 4.57. The van der Waals surface area contributed by atoms with Crippen LogP contribution in [-0.4, -0.2) is 49.4 Å². The molecular formula is C13H25NO3S. The monoisotopic (exact) mass is 275 g/mol. The molecule has 2 unspecified atom stereocenters. The van der Waals surface area contributed by atoms with E-state index in [0.29, 0.717) is 11.9 Å². The number of likely N-dealkylation sites (N-methyl/N-ethyl adjacent to an activating group) is 1. The molecule has 0 amide bonds. The Morgan fingerprint density at radius 1 is 1.50 bits per heavy atom. The first-order valence-electron chi connectivity index (χ1n) is 6.71. The topological polar surface area (TPSA) is 47.6 Å². The first-order chi connectivity index (χ1) is 8.68. The first-order valence-corrected chi connectivity index (χ1v) is 7.76. The van der Waals surface area contributed by atoms with E-state index in [4.69, 9.17) is 9.47 Å². The highest BCUT2D eigenvalue weighted by Crippen LogP contribution is 2.37. The second-order valence-corrected chi connectivity index (χ2v) is 5.97. The molecule has 18 heavy (non-hydrogen) atoms. The van der Waals surface area contributed by atoms with Gasteiger partial charge in [-0.3, -0.25) is 4.79 Å². The fourth-order valence-electron chi connectivity index (χ4n) is 2.47. The van der Waals surface area contributed by atoms with Crippen molar-refractivity contribution in [3.8, 4) is 0 Å². The molecule has 0 heterocycles. The summed E-state index contributed by atoms with van der Waals surface area (Å²) in [6.45, 7) is 5.92. The van der Waals surface area contributed by atoms with Gasteiger partial charge in [-0.1, -0.05) is 6.92 Å². The van der Waals surface area contributed by atoms with E-state index >= 15 is 0 Å². The molecule has 1 saturated carbocycles. The number of thioether (sulfide) groups is 1. The summed E-state index contributed by atoms with van der Waals surface area (Å²) in [4.78, 5) is 12.1. The molecule has 0 radical (unpaired) electrons. The minimum Gasteiger partial charge on any atom is -0.465 e. The van der Waals surface area contributed by atoms with Gasteiger partial charge in [0.1, 0.15) is 5.54 Å². The van der Waals surface area contributed by atoms with E-state index in [2.05, 4.69) is 5.32 Å². The van der Waals surface area contributed by atoms with Gasteiger partial charge in [0, 0.05) is 18.1 Å². The van der Waals surface area contributed by atoms with Gasteiger partial charge in [-0.05, 0) is 32.7 Å². The Morgan fingerprint density at radius 3 is 2.89 bits per heavy atom. The van der Waals surface area contributed by atoms with Gasteiger partial charge in [0.05, 0.1) is 13.2 Å². The number of hydrogen-bond donors (Lipinski definition) is 1. The predicted molar refractivity (Wildman–Crippen MR) is 75.0 cm³/mol. The maximum Gasteiger partial charge on any atom is 0.326 e. The van der Waals surface area contributed by atoms with Crippen LogP contribution in [-0.2, 0) is 14.3 Å². The molecule has 2 atom stereocenters. The fraction of sp³-hybridized carbons (Fsp3) is 0.923. The smallest absolute Gasteiger partial charge is 0.326 e. The molecule has 5 heteroatoms. The van der Waals surface area contributed by atoms with E-state index < -0.39 is 5.54 Å². The summed E-state index contributed by atoms with van der Waals surface area (Å²) in [7, 11) is 1.72. The van der Waals surface area contributed by atoms with Crippen LogP contribution >= 0.6 is 11.8 Å². The van der Waals surface area contributed by atoms with E-state index in [1.165, 1.54) is 0 Å². The number of carbonyl (C=O) groups is 1. The molecule has 1 aliphatic carbocycles. The Labute approximate surface area is 114 Å². The summed E-state index contributed by atoms with van der Waals surface area (Å²) in [5.74, 6) is 0.910. The van der Waals surface area contributed by atoms with E-state index in [1.807, 2.05) is 25.6 Å². The summed E-state index contributed by atoms with van der Waals surface area (Å²) < 4.78 is 10.3. The standard InChI is InChI=1S/C13H25NO3S/c1-4-14-13(12(15)17-5-2)7-6-11(10-13)18-9-8-16-3/h11,14H,4-10H2,1-3H3. The van der Waals surface area contributed by atoms with Crippen LogP contribution < -0.4 is 5.32 Å². The number of carbonyl (C=O) groups excluding carboxylic acids is 1. The number of ether oxygens (including phenoxy) is 2. The lowest BCUT2D eigenvalue weighted by Crippen LogP contribution is -2.51. The fourth-order valence-corrected chi connectivity index (χ4v) is 3.75. The Hall–Kier alpha value is -0.260. The third-order valence-electron chi connectivity index (χ3n) is 3.29. The van der Waals surface area contributed by atoms with Crippen LogP contribution in [0.2, 0.25) is 0 Å². The number of rotatable bonds is 8. The van der Waals surface area contributed by atoms with Crippen LogP contribution in [0.5, 0.6) is 0 Å². The number of hydrogen-bond acceptors (Lipinski definition) is 5. The van der Waals surface area contributed by atoms with Gasteiger partial charge in [0.15, 0.2) is 0 Å². The predicted octanol–water partition coefficient (Wildman–Crippen LogP) is 1.83. The lowest BCUT2D eigenvalue weighted by molar-refractivity contribution is -0.151. The molecule has 1 aliphatic rings. The Bertz CT molecular complexity index is 263. The zero-order chi connectivity index (χ0) is 13.4. The zero-order valence-corrected chi connectivity index (χ0v) is 12.5. The molecule has 0 aliphatic heterocycles. The molecule has 1 rings (SSSR count). The average molecular weight is 275 g/mol. The highest BCUT2D eigenvalue weighted by Gasteiger charge is 2.45. The zero-order valence-electron chi connectivity index (χ0n) is 11.7. The van der Waals surface area contributed by atoms with Crippen molar-refractivity contribution in [3.05, 3.63) is 0 Å². The molecule has 106 valence electrons. The normalized spacial score (nSPS) is 27.4. The Morgan fingerprint density at radius 2 is 2.28 bits per heavy atom. The molecule has 1 N–H and O–H groups in total. The Kier molecular flexibility index (Phi) is 7.04. The van der Waals surface area contributed by atoms with Crippen molar-refractivity contribution in [1.29, 1.82) is 0 Å². The lowest BCUT2D eigenvalue weighted by Gasteiger charge is -2.27. The van der Waals surface area contributed by atoms with Crippen molar-refractivity contribution >= 4 is 17.7 Å². The van der Waals surface area contributed by atoms with E-state index in [-0.39, 0.29) is 5.97 Å². The molecule has 4 nitrogen and oxygen atoms in total. The number of nitrogens with one attached hydrogen (secondary N) is 1. The summed E-state index contributed by atoms with van der Waals surface area (Å²) in [5, 5.41) is 3.87. The average Bonchev–Trinajstić information content (AvgIpc) is 2.75. The van der Waals surface area contributed by atoms with Crippen LogP contribution in [0.15, 0.2) is 0 Å². The second kappa shape index (κ2) is 8.02. The molecule has 0 aromatic heterocycles. The highest BCUT2D eigenvalue weighted by molar-refractivity contribution is 7.99. The van der Waals surface area contributed by atoms with Gasteiger partial charge in [0.25, 0.3) is 0 Å². The Balaban J connectivity index is 2.52. The highest BCUT2D eigenvalue weighted by atomic mass is 32.2. The van der Waals surface area contributed by atoms with Crippen LogP contribution in [0, 0.1) is 0 Å². The quantitative estimate of drug-likeness (QED) is 0.541. The van der Waals surface area contributed by atoms with Gasteiger partial charge < -0.3 is 14.8 Å². The largest absolute Gasteiger partial charge is 0.465 e. The maximum absolute atomic E-state index is 12.1. The van der Waals surface area contributed by atoms with E-state index in [9.17, 15) is 4.79 Å². The van der Waals surface area contributed by atoms with Crippen molar-refractivity contribution in [2.24, 2.45) is 0 Å². The van der Waals surface area contributed by atoms with Crippen LogP contribution in [0.3, 0.4) is 0 Å². The molecular weight excluding hydrogens is 250 g/mol. The molecule has 0 saturated heterocycles. The molecule has 0 aromatic rings. The van der Waals surface area contributed by atoms with E-state index in [0.717, 1.165) is 38.2 Å². The molecule has 0 aromatic carbocycles. The summed E-state index contributed by atoms with van der Waals surface area (Å²) >= 11 is 1.90. The maximum atomic E-state index is 12.1. The van der Waals surface area contributed by atoms with Crippen LogP contribution in [0.4, 0.5) is 0 Å². The number of esters is 1. The minimum atomic E-state index is -0.449.